The van der Waals surface area contributed by atoms with Crippen LogP contribution in [0.2, 0.25) is 0 Å². The number of hydrogen-bond acceptors (Lipinski definition) is 5. The van der Waals surface area contributed by atoms with Gasteiger partial charge in [0.1, 0.15) is 6.33 Å². The highest BCUT2D eigenvalue weighted by atomic mass is 16.1. The highest BCUT2D eigenvalue weighted by Gasteiger charge is 2.18. The first-order valence-electron chi connectivity index (χ1n) is 7.29. The van der Waals surface area contributed by atoms with E-state index in [9.17, 15) is 4.79 Å². The first kappa shape index (κ1) is 14.9. The van der Waals surface area contributed by atoms with Gasteiger partial charge in [0.2, 0.25) is 0 Å². The normalized spacial score (nSPS) is 11.5. The maximum Gasteiger partial charge on any atom is 0.283 e. The highest BCUT2D eigenvalue weighted by molar-refractivity contribution is 5.70. The number of para-hydroxylation sites is 1. The van der Waals surface area contributed by atoms with Gasteiger partial charge in [-0.3, -0.25) is 9.36 Å². The zero-order valence-electron chi connectivity index (χ0n) is 13.0. The Morgan fingerprint density at radius 1 is 1.26 bits per heavy atom. The Morgan fingerprint density at radius 2 is 2.00 bits per heavy atom. The van der Waals surface area contributed by atoms with Gasteiger partial charge in [0.25, 0.3) is 5.56 Å². The maximum atomic E-state index is 12.5. The van der Waals surface area contributed by atoms with Crippen molar-refractivity contribution < 1.29 is 0 Å². The number of nitriles is 1. The van der Waals surface area contributed by atoms with Crippen molar-refractivity contribution in [1.29, 1.82) is 5.26 Å². The Bertz CT molecular complexity index is 933. The molecule has 0 aliphatic rings. The van der Waals surface area contributed by atoms with Crippen molar-refractivity contribution in [2.45, 2.75) is 26.8 Å². The lowest BCUT2D eigenvalue weighted by atomic mass is 9.91. The van der Waals surface area contributed by atoms with Crippen LogP contribution < -0.4 is 5.56 Å². The van der Waals surface area contributed by atoms with E-state index in [-0.39, 0.29) is 11.1 Å². The summed E-state index contributed by atoms with van der Waals surface area (Å²) in [7, 11) is 0. The third-order valence-corrected chi connectivity index (χ3v) is 3.71. The number of aromatic nitrogens is 5. The van der Waals surface area contributed by atoms with Gasteiger partial charge in [-0.25, -0.2) is 4.98 Å². The summed E-state index contributed by atoms with van der Waals surface area (Å²) in [6, 6.07) is 11.6. The van der Waals surface area contributed by atoms with Gasteiger partial charge in [0.05, 0.1) is 17.2 Å². The second kappa shape index (κ2) is 5.65. The smallest absolute Gasteiger partial charge is 0.283 e. The fourth-order valence-electron chi connectivity index (χ4n) is 2.20. The van der Waals surface area contributed by atoms with Gasteiger partial charge in [0, 0.05) is 6.54 Å². The van der Waals surface area contributed by atoms with Gasteiger partial charge in [-0.2, -0.15) is 9.94 Å². The van der Waals surface area contributed by atoms with Crippen LogP contribution in [0.25, 0.3) is 16.9 Å². The quantitative estimate of drug-likeness (QED) is 0.734. The highest BCUT2D eigenvalue weighted by Crippen LogP contribution is 2.19. The summed E-state index contributed by atoms with van der Waals surface area (Å²) in [5, 5.41) is 17.1. The topological polar surface area (TPSA) is 89.4 Å². The molecule has 0 amide bonds. The zero-order valence-corrected chi connectivity index (χ0v) is 13.0. The summed E-state index contributed by atoms with van der Waals surface area (Å²) in [6.07, 6.45) is 2.05. The summed E-state index contributed by atoms with van der Waals surface area (Å²) in [5.41, 5.74) is 0.718. The third-order valence-electron chi connectivity index (χ3n) is 3.71. The molecule has 3 rings (SSSR count). The van der Waals surface area contributed by atoms with Crippen LogP contribution in [0.3, 0.4) is 0 Å². The molecule has 23 heavy (non-hydrogen) atoms. The van der Waals surface area contributed by atoms with E-state index in [1.807, 2.05) is 44.2 Å². The molecule has 0 saturated carbocycles. The maximum absolute atomic E-state index is 12.5. The molecule has 0 saturated heterocycles. The van der Waals surface area contributed by atoms with E-state index in [1.165, 1.54) is 10.9 Å². The number of fused-ring (bicyclic) bond motifs is 1. The minimum Gasteiger partial charge on any atom is -0.297 e. The minimum atomic E-state index is -0.490. The minimum absolute atomic E-state index is 0.228. The van der Waals surface area contributed by atoms with Crippen LogP contribution in [0, 0.1) is 16.7 Å². The molecule has 0 spiro atoms. The fraction of sp³-hybridized carbons (Fsp3) is 0.312. The van der Waals surface area contributed by atoms with Gasteiger partial charge in [0.15, 0.2) is 11.2 Å². The molecule has 0 unspecified atom stereocenters. The molecule has 0 N–H and O–H groups in total. The van der Waals surface area contributed by atoms with E-state index in [1.54, 1.807) is 4.68 Å². The second-order valence-corrected chi connectivity index (χ2v) is 6.00. The molecular formula is C16H16N6O. The number of nitrogens with zero attached hydrogens (tertiary/aromatic N) is 6. The summed E-state index contributed by atoms with van der Waals surface area (Å²) in [4.78, 5) is 16.8. The van der Waals surface area contributed by atoms with Gasteiger partial charge in [-0.15, -0.1) is 5.10 Å². The fourth-order valence-corrected chi connectivity index (χ4v) is 2.20. The molecule has 2 aromatic heterocycles. The molecule has 0 bridgehead atoms. The van der Waals surface area contributed by atoms with Crippen LogP contribution in [0.15, 0.2) is 41.5 Å². The Hall–Kier alpha value is -3.01. The number of rotatable bonds is 4. The largest absolute Gasteiger partial charge is 0.297 e. The average Bonchev–Trinajstić information content (AvgIpc) is 3.00. The molecule has 0 fully saturated rings. The van der Waals surface area contributed by atoms with Crippen LogP contribution in [-0.2, 0) is 6.54 Å². The van der Waals surface area contributed by atoms with Gasteiger partial charge in [-0.1, -0.05) is 23.4 Å². The van der Waals surface area contributed by atoms with E-state index < -0.39 is 5.41 Å². The van der Waals surface area contributed by atoms with Crippen molar-refractivity contribution in [3.8, 4) is 11.8 Å². The molecular weight excluding hydrogens is 292 g/mol. The number of benzene rings is 1. The van der Waals surface area contributed by atoms with Gasteiger partial charge < -0.3 is 0 Å². The van der Waals surface area contributed by atoms with Crippen LogP contribution in [-0.4, -0.2) is 24.5 Å². The summed E-state index contributed by atoms with van der Waals surface area (Å²) >= 11 is 0. The van der Waals surface area contributed by atoms with Crippen molar-refractivity contribution in [3.63, 3.8) is 0 Å². The molecule has 0 radical (unpaired) electrons. The second-order valence-electron chi connectivity index (χ2n) is 6.00. The molecule has 0 aliphatic heterocycles. The molecule has 7 nitrogen and oxygen atoms in total. The molecule has 3 aromatic rings. The lowest BCUT2D eigenvalue weighted by Gasteiger charge is -2.15. The number of hydrogen-bond donors (Lipinski definition) is 0. The molecule has 0 atom stereocenters. The molecule has 1 aromatic carbocycles. The zero-order chi connectivity index (χ0) is 16.4. The lowest BCUT2D eigenvalue weighted by Crippen LogP contribution is -2.23. The van der Waals surface area contributed by atoms with Crippen molar-refractivity contribution in [1.82, 2.24) is 24.5 Å². The predicted molar refractivity (Wildman–Crippen MR) is 84.9 cm³/mol. The molecule has 2 heterocycles. The Morgan fingerprint density at radius 3 is 2.70 bits per heavy atom. The van der Waals surface area contributed by atoms with E-state index in [0.29, 0.717) is 18.6 Å². The standard InChI is InChI=1S/C16H16N6O/c1-16(2,10-17)8-9-21-11-18-14-13(15(21)23)19-20-22(14)12-6-4-3-5-7-12/h3-7,11H,8-9H2,1-2H3. The average molecular weight is 308 g/mol. The van der Waals surface area contributed by atoms with Crippen LogP contribution in [0.4, 0.5) is 0 Å². The summed E-state index contributed by atoms with van der Waals surface area (Å²) in [5.74, 6) is 0. The molecule has 7 heteroatoms. The van der Waals surface area contributed by atoms with E-state index in [0.717, 1.165) is 5.69 Å². The Labute approximate surface area is 132 Å². The first-order chi connectivity index (χ1) is 11.0. The number of aryl methyl sites for hydroxylation is 1. The van der Waals surface area contributed by atoms with E-state index in [4.69, 9.17) is 5.26 Å². The monoisotopic (exact) mass is 308 g/mol. The Balaban J connectivity index is 1.99. The van der Waals surface area contributed by atoms with E-state index >= 15 is 0 Å². The van der Waals surface area contributed by atoms with Crippen LogP contribution in [0.1, 0.15) is 20.3 Å². The van der Waals surface area contributed by atoms with Crippen molar-refractivity contribution in [3.05, 3.63) is 47.0 Å². The van der Waals surface area contributed by atoms with E-state index in [2.05, 4.69) is 21.4 Å². The van der Waals surface area contributed by atoms with Crippen molar-refractivity contribution in [2.75, 3.05) is 0 Å². The Kier molecular flexibility index (Phi) is 3.66. The van der Waals surface area contributed by atoms with Gasteiger partial charge >= 0.3 is 0 Å². The van der Waals surface area contributed by atoms with Crippen LogP contribution >= 0.6 is 0 Å². The van der Waals surface area contributed by atoms with Gasteiger partial charge in [-0.05, 0) is 32.4 Å². The van der Waals surface area contributed by atoms with Crippen molar-refractivity contribution in [2.24, 2.45) is 5.41 Å². The summed E-state index contributed by atoms with van der Waals surface area (Å²) < 4.78 is 3.02. The lowest BCUT2D eigenvalue weighted by molar-refractivity contribution is 0.408. The predicted octanol–water partition coefficient (Wildman–Crippen LogP) is 1.92. The molecule has 116 valence electrons. The van der Waals surface area contributed by atoms with Crippen LogP contribution in [0.5, 0.6) is 0 Å². The first-order valence-corrected chi connectivity index (χ1v) is 7.29. The summed E-state index contributed by atoms with van der Waals surface area (Å²) in [6.45, 7) is 4.10. The SMILES string of the molecule is CC(C)(C#N)CCn1cnc2c(nnn2-c2ccccc2)c1=O. The van der Waals surface area contributed by atoms with Crippen molar-refractivity contribution >= 4 is 11.2 Å². The third kappa shape index (κ3) is 2.83. The molecule has 0 aliphatic carbocycles.